The molecule has 0 atom stereocenters. The van der Waals surface area contributed by atoms with Gasteiger partial charge in [-0.1, -0.05) is 18.7 Å². The number of benzene rings is 1. The second-order valence-corrected chi connectivity index (χ2v) is 3.87. The van der Waals surface area contributed by atoms with Crippen molar-refractivity contribution in [2.75, 3.05) is 13.7 Å². The number of rotatable bonds is 5. The Morgan fingerprint density at radius 3 is 2.80 bits per heavy atom. The maximum absolute atomic E-state index is 5.72. The largest absolute Gasteiger partial charge is 0.493 e. The summed E-state index contributed by atoms with van der Waals surface area (Å²) in [5.74, 6) is 2.37. The molecule has 15 heavy (non-hydrogen) atoms. The fraction of sp³-hybridized carbons (Fsp3) is 0.385. The Bertz CT molecular complexity index is 354. The lowest BCUT2D eigenvalue weighted by molar-refractivity contribution is 0.280. The number of hydrogen-bond donors (Lipinski definition) is 0. The molecule has 0 saturated heterocycles. The Labute approximate surface area is 90.5 Å². The maximum Gasteiger partial charge on any atom is 0.161 e. The van der Waals surface area contributed by atoms with E-state index in [-0.39, 0.29) is 0 Å². The minimum absolute atomic E-state index is 0.752. The first kappa shape index (κ1) is 10.1. The van der Waals surface area contributed by atoms with Gasteiger partial charge in [-0.2, -0.15) is 0 Å². The van der Waals surface area contributed by atoms with Crippen LogP contribution in [0, 0.1) is 5.92 Å². The average Bonchev–Trinajstić information content (AvgIpc) is 3.09. The first-order chi connectivity index (χ1) is 7.33. The van der Waals surface area contributed by atoms with Crippen LogP contribution in [0.5, 0.6) is 11.5 Å². The van der Waals surface area contributed by atoms with Gasteiger partial charge in [0.2, 0.25) is 0 Å². The highest BCUT2D eigenvalue weighted by atomic mass is 16.5. The summed E-state index contributed by atoms with van der Waals surface area (Å²) in [6, 6.07) is 5.85. The van der Waals surface area contributed by atoms with Crippen LogP contribution in [0.15, 0.2) is 24.8 Å². The molecule has 0 spiro atoms. The number of methoxy groups -OCH3 is 1. The summed E-state index contributed by atoms with van der Waals surface area (Å²) in [5.41, 5.74) is 1.06. The van der Waals surface area contributed by atoms with E-state index in [1.54, 1.807) is 7.11 Å². The third-order valence-electron chi connectivity index (χ3n) is 2.59. The topological polar surface area (TPSA) is 18.5 Å². The summed E-state index contributed by atoms with van der Waals surface area (Å²) >= 11 is 0. The van der Waals surface area contributed by atoms with E-state index in [0.29, 0.717) is 0 Å². The summed E-state index contributed by atoms with van der Waals surface area (Å²) in [4.78, 5) is 0. The summed E-state index contributed by atoms with van der Waals surface area (Å²) < 4.78 is 11.0. The van der Waals surface area contributed by atoms with Crippen LogP contribution in [-0.2, 0) is 0 Å². The third kappa shape index (κ3) is 2.52. The molecule has 1 aromatic carbocycles. The lowest BCUT2D eigenvalue weighted by atomic mass is 10.2. The highest BCUT2D eigenvalue weighted by Crippen LogP contribution is 2.33. The van der Waals surface area contributed by atoms with Gasteiger partial charge in [0, 0.05) is 0 Å². The molecular weight excluding hydrogens is 188 g/mol. The molecule has 2 heteroatoms. The average molecular weight is 204 g/mol. The standard InChI is InChI=1S/C13H16O2/c1-3-10-6-7-12(14-2)13(8-10)15-9-11-4-5-11/h3,6-8,11H,1,4-5,9H2,2H3. The van der Waals surface area contributed by atoms with Gasteiger partial charge in [-0.15, -0.1) is 0 Å². The molecule has 0 bridgehead atoms. The van der Waals surface area contributed by atoms with Crippen LogP contribution >= 0.6 is 0 Å². The Morgan fingerprint density at radius 1 is 1.40 bits per heavy atom. The van der Waals surface area contributed by atoms with E-state index in [4.69, 9.17) is 9.47 Å². The third-order valence-corrected chi connectivity index (χ3v) is 2.59. The van der Waals surface area contributed by atoms with Crippen molar-refractivity contribution in [3.8, 4) is 11.5 Å². The molecule has 0 aromatic heterocycles. The summed E-state index contributed by atoms with van der Waals surface area (Å²) in [7, 11) is 1.66. The smallest absolute Gasteiger partial charge is 0.161 e. The zero-order valence-corrected chi connectivity index (χ0v) is 9.03. The fourth-order valence-corrected chi connectivity index (χ4v) is 1.43. The van der Waals surface area contributed by atoms with E-state index < -0.39 is 0 Å². The van der Waals surface area contributed by atoms with Crippen molar-refractivity contribution in [1.82, 2.24) is 0 Å². The Morgan fingerprint density at radius 2 is 2.20 bits per heavy atom. The highest BCUT2D eigenvalue weighted by molar-refractivity contribution is 5.54. The first-order valence-corrected chi connectivity index (χ1v) is 5.26. The molecule has 2 nitrogen and oxygen atoms in total. The molecule has 0 heterocycles. The molecule has 1 saturated carbocycles. The van der Waals surface area contributed by atoms with E-state index in [2.05, 4.69) is 6.58 Å². The zero-order chi connectivity index (χ0) is 10.7. The van der Waals surface area contributed by atoms with Gasteiger partial charge in [0.15, 0.2) is 11.5 Å². The fourth-order valence-electron chi connectivity index (χ4n) is 1.43. The van der Waals surface area contributed by atoms with Crippen molar-refractivity contribution in [1.29, 1.82) is 0 Å². The summed E-state index contributed by atoms with van der Waals surface area (Å²) in [6.07, 6.45) is 4.40. The molecule has 2 rings (SSSR count). The van der Waals surface area contributed by atoms with E-state index >= 15 is 0 Å². The van der Waals surface area contributed by atoms with Crippen LogP contribution in [0.25, 0.3) is 6.08 Å². The van der Waals surface area contributed by atoms with Crippen LogP contribution in [0.3, 0.4) is 0 Å². The second kappa shape index (κ2) is 4.39. The maximum atomic E-state index is 5.72. The summed E-state index contributed by atoms with van der Waals surface area (Å²) in [6.45, 7) is 4.54. The molecular formula is C13H16O2. The van der Waals surface area contributed by atoms with Crippen LogP contribution in [0.2, 0.25) is 0 Å². The van der Waals surface area contributed by atoms with Gasteiger partial charge >= 0.3 is 0 Å². The number of hydrogen-bond acceptors (Lipinski definition) is 2. The molecule has 0 amide bonds. The Kier molecular flexibility index (Phi) is 2.95. The predicted octanol–water partition coefficient (Wildman–Crippen LogP) is 3.13. The van der Waals surface area contributed by atoms with E-state index in [1.807, 2.05) is 24.3 Å². The highest BCUT2D eigenvalue weighted by Gasteiger charge is 2.22. The zero-order valence-electron chi connectivity index (χ0n) is 9.03. The van der Waals surface area contributed by atoms with Crippen molar-refractivity contribution in [2.45, 2.75) is 12.8 Å². The predicted molar refractivity (Wildman–Crippen MR) is 61.3 cm³/mol. The molecule has 0 unspecified atom stereocenters. The van der Waals surface area contributed by atoms with E-state index in [1.165, 1.54) is 12.8 Å². The van der Waals surface area contributed by atoms with Gasteiger partial charge in [0.25, 0.3) is 0 Å². The van der Waals surface area contributed by atoms with Gasteiger partial charge < -0.3 is 9.47 Å². The quantitative estimate of drug-likeness (QED) is 0.733. The van der Waals surface area contributed by atoms with E-state index in [9.17, 15) is 0 Å². The van der Waals surface area contributed by atoms with E-state index in [0.717, 1.165) is 29.6 Å². The molecule has 0 radical (unpaired) electrons. The van der Waals surface area contributed by atoms with Crippen molar-refractivity contribution >= 4 is 6.08 Å². The van der Waals surface area contributed by atoms with Crippen LogP contribution < -0.4 is 9.47 Å². The molecule has 1 aromatic rings. The van der Waals surface area contributed by atoms with Crippen LogP contribution in [0.1, 0.15) is 18.4 Å². The number of ether oxygens (including phenoxy) is 2. The van der Waals surface area contributed by atoms with Gasteiger partial charge in [-0.25, -0.2) is 0 Å². The van der Waals surface area contributed by atoms with Gasteiger partial charge in [0.1, 0.15) is 0 Å². The van der Waals surface area contributed by atoms with Crippen molar-refractivity contribution in [2.24, 2.45) is 5.92 Å². The Hall–Kier alpha value is -1.44. The molecule has 80 valence electrons. The Balaban J connectivity index is 2.12. The molecule has 1 aliphatic rings. The lowest BCUT2D eigenvalue weighted by Crippen LogP contribution is -2.00. The normalized spacial score (nSPS) is 14.7. The SMILES string of the molecule is C=Cc1ccc(OC)c(OCC2CC2)c1. The van der Waals surface area contributed by atoms with Crippen molar-refractivity contribution in [3.05, 3.63) is 30.3 Å². The molecule has 1 fully saturated rings. The summed E-state index contributed by atoms with van der Waals surface area (Å²) in [5, 5.41) is 0. The molecule has 0 N–H and O–H groups in total. The van der Waals surface area contributed by atoms with Crippen LogP contribution in [-0.4, -0.2) is 13.7 Å². The second-order valence-electron chi connectivity index (χ2n) is 3.87. The first-order valence-electron chi connectivity index (χ1n) is 5.26. The monoisotopic (exact) mass is 204 g/mol. The van der Waals surface area contributed by atoms with Gasteiger partial charge in [-0.3, -0.25) is 0 Å². The minimum atomic E-state index is 0.752. The van der Waals surface area contributed by atoms with Gasteiger partial charge in [-0.05, 0) is 36.5 Å². The molecule has 1 aliphatic carbocycles. The molecule has 0 aliphatic heterocycles. The van der Waals surface area contributed by atoms with Gasteiger partial charge in [0.05, 0.1) is 13.7 Å². The van der Waals surface area contributed by atoms with Crippen molar-refractivity contribution < 1.29 is 9.47 Å². The minimum Gasteiger partial charge on any atom is -0.493 e. The van der Waals surface area contributed by atoms with Crippen molar-refractivity contribution in [3.63, 3.8) is 0 Å². The van der Waals surface area contributed by atoms with Crippen LogP contribution in [0.4, 0.5) is 0 Å². The lowest BCUT2D eigenvalue weighted by Gasteiger charge is -2.10.